The van der Waals surface area contributed by atoms with Crippen molar-refractivity contribution in [2.24, 2.45) is 5.73 Å². The van der Waals surface area contributed by atoms with E-state index < -0.39 is 0 Å². The highest BCUT2D eigenvalue weighted by molar-refractivity contribution is 7.99. The molecule has 0 amide bonds. The number of pyridine rings is 1. The molecule has 0 saturated carbocycles. The highest BCUT2D eigenvalue weighted by atomic mass is 32.2. The second-order valence-electron chi connectivity index (χ2n) is 4.82. The first-order valence-corrected chi connectivity index (χ1v) is 7.69. The number of hydrogen-bond acceptors (Lipinski definition) is 3. The molecule has 2 nitrogen and oxygen atoms in total. The van der Waals surface area contributed by atoms with Crippen LogP contribution in [0.15, 0.2) is 65.8 Å². The van der Waals surface area contributed by atoms with Gasteiger partial charge in [0.15, 0.2) is 0 Å². The Kier molecular flexibility index (Phi) is 4.18. The molecular weight excluding hydrogens is 283 g/mol. The molecule has 4 heteroatoms. The number of hydrogen-bond donors (Lipinski definition) is 1. The maximum Gasteiger partial charge on any atom is 0.123 e. The van der Waals surface area contributed by atoms with Crippen molar-refractivity contribution in [1.29, 1.82) is 0 Å². The van der Waals surface area contributed by atoms with E-state index in [0.717, 1.165) is 27.0 Å². The summed E-state index contributed by atoms with van der Waals surface area (Å²) in [6.45, 7) is 0. The Morgan fingerprint density at radius 2 is 1.90 bits per heavy atom. The summed E-state index contributed by atoms with van der Waals surface area (Å²) < 4.78 is 12.9. The molecule has 3 aromatic rings. The zero-order valence-corrected chi connectivity index (χ0v) is 12.2. The number of nitrogens with two attached hydrogens (primary N) is 1. The van der Waals surface area contributed by atoms with E-state index in [2.05, 4.69) is 11.1 Å². The standard InChI is InChI=1S/C17H15FN2S/c18-13-4-6-14(7-5-13)21-11-17(19)16-3-1-2-12-10-20-9-8-15(12)16/h1-10,17H,11,19H2. The van der Waals surface area contributed by atoms with Gasteiger partial charge in [0.25, 0.3) is 0 Å². The van der Waals surface area contributed by atoms with Crippen molar-refractivity contribution in [2.45, 2.75) is 10.9 Å². The molecule has 0 aliphatic heterocycles. The van der Waals surface area contributed by atoms with Crippen LogP contribution in [0, 0.1) is 5.82 Å². The molecule has 0 bridgehead atoms. The van der Waals surface area contributed by atoms with Crippen LogP contribution in [0.5, 0.6) is 0 Å². The monoisotopic (exact) mass is 298 g/mol. The van der Waals surface area contributed by atoms with Gasteiger partial charge in [-0.3, -0.25) is 4.98 Å². The van der Waals surface area contributed by atoms with Crippen LogP contribution in [0.1, 0.15) is 11.6 Å². The third-order valence-electron chi connectivity index (χ3n) is 3.36. The molecule has 1 atom stereocenters. The molecule has 1 aromatic heterocycles. The van der Waals surface area contributed by atoms with Crippen LogP contribution in [0.4, 0.5) is 4.39 Å². The van der Waals surface area contributed by atoms with E-state index in [1.165, 1.54) is 12.1 Å². The Morgan fingerprint density at radius 3 is 2.71 bits per heavy atom. The van der Waals surface area contributed by atoms with Crippen molar-refractivity contribution >= 4 is 22.5 Å². The lowest BCUT2D eigenvalue weighted by Gasteiger charge is -2.14. The summed E-state index contributed by atoms with van der Waals surface area (Å²) in [5.41, 5.74) is 7.44. The summed E-state index contributed by atoms with van der Waals surface area (Å²) in [7, 11) is 0. The number of nitrogens with zero attached hydrogens (tertiary/aromatic N) is 1. The molecule has 106 valence electrons. The molecule has 0 radical (unpaired) electrons. The average Bonchev–Trinajstić information content (AvgIpc) is 2.53. The Labute approximate surface area is 127 Å². The molecule has 0 saturated heterocycles. The first kappa shape index (κ1) is 14.0. The van der Waals surface area contributed by atoms with Gasteiger partial charge in [-0.1, -0.05) is 18.2 Å². The van der Waals surface area contributed by atoms with Crippen molar-refractivity contribution in [3.63, 3.8) is 0 Å². The van der Waals surface area contributed by atoms with E-state index in [9.17, 15) is 4.39 Å². The number of fused-ring (bicyclic) bond motifs is 1. The minimum atomic E-state index is -0.217. The lowest BCUT2D eigenvalue weighted by atomic mass is 10.0. The van der Waals surface area contributed by atoms with Gasteiger partial charge in [-0.2, -0.15) is 0 Å². The fourth-order valence-corrected chi connectivity index (χ4v) is 3.16. The van der Waals surface area contributed by atoms with Gasteiger partial charge in [0, 0.05) is 34.5 Å². The van der Waals surface area contributed by atoms with Gasteiger partial charge in [0.2, 0.25) is 0 Å². The highest BCUT2D eigenvalue weighted by Crippen LogP contribution is 2.27. The summed E-state index contributed by atoms with van der Waals surface area (Å²) >= 11 is 1.63. The SMILES string of the molecule is NC(CSc1ccc(F)cc1)c1cccc2cnccc12. The first-order valence-electron chi connectivity index (χ1n) is 6.70. The third-order valence-corrected chi connectivity index (χ3v) is 4.49. The van der Waals surface area contributed by atoms with Gasteiger partial charge in [0.05, 0.1) is 0 Å². The molecule has 1 heterocycles. The van der Waals surface area contributed by atoms with Crippen molar-refractivity contribution in [1.82, 2.24) is 4.98 Å². The second kappa shape index (κ2) is 6.24. The number of benzene rings is 2. The molecule has 0 aliphatic rings. The Bertz CT molecular complexity index is 738. The Balaban J connectivity index is 1.78. The quantitative estimate of drug-likeness (QED) is 0.735. The van der Waals surface area contributed by atoms with Crippen molar-refractivity contribution in [3.05, 3.63) is 72.3 Å². The summed E-state index contributed by atoms with van der Waals surface area (Å²) in [5, 5.41) is 2.23. The largest absolute Gasteiger partial charge is 0.323 e. The predicted molar refractivity (Wildman–Crippen MR) is 85.8 cm³/mol. The molecule has 0 spiro atoms. The van der Waals surface area contributed by atoms with Gasteiger partial charge in [-0.25, -0.2) is 4.39 Å². The van der Waals surface area contributed by atoms with E-state index in [4.69, 9.17) is 5.73 Å². The van der Waals surface area contributed by atoms with Gasteiger partial charge < -0.3 is 5.73 Å². The second-order valence-corrected chi connectivity index (χ2v) is 5.91. The summed E-state index contributed by atoms with van der Waals surface area (Å²) in [4.78, 5) is 5.16. The van der Waals surface area contributed by atoms with Crippen LogP contribution >= 0.6 is 11.8 Å². The van der Waals surface area contributed by atoms with E-state index in [1.54, 1.807) is 30.1 Å². The average molecular weight is 298 g/mol. The molecule has 2 aromatic carbocycles. The first-order chi connectivity index (χ1) is 10.2. The topological polar surface area (TPSA) is 38.9 Å². The lowest BCUT2D eigenvalue weighted by molar-refractivity contribution is 0.626. The van der Waals surface area contributed by atoms with E-state index in [1.807, 2.05) is 24.4 Å². The summed E-state index contributed by atoms with van der Waals surface area (Å²) in [6.07, 6.45) is 3.63. The minimum Gasteiger partial charge on any atom is -0.323 e. The molecule has 21 heavy (non-hydrogen) atoms. The Hall–Kier alpha value is -1.91. The van der Waals surface area contributed by atoms with Gasteiger partial charge in [0.1, 0.15) is 5.82 Å². The van der Waals surface area contributed by atoms with E-state index in [0.29, 0.717) is 0 Å². The van der Waals surface area contributed by atoms with Crippen LogP contribution in [-0.4, -0.2) is 10.7 Å². The summed E-state index contributed by atoms with van der Waals surface area (Å²) in [5.74, 6) is 0.526. The molecule has 1 unspecified atom stereocenters. The maximum absolute atomic E-state index is 12.9. The smallest absolute Gasteiger partial charge is 0.123 e. The highest BCUT2D eigenvalue weighted by Gasteiger charge is 2.10. The molecule has 2 N–H and O–H groups in total. The van der Waals surface area contributed by atoms with Crippen LogP contribution < -0.4 is 5.73 Å². The molecule has 3 rings (SSSR count). The maximum atomic E-state index is 12.9. The van der Waals surface area contributed by atoms with Crippen LogP contribution in [-0.2, 0) is 0 Å². The lowest BCUT2D eigenvalue weighted by Crippen LogP contribution is -2.13. The van der Waals surface area contributed by atoms with Crippen molar-refractivity contribution in [3.8, 4) is 0 Å². The van der Waals surface area contributed by atoms with Crippen LogP contribution in [0.25, 0.3) is 10.8 Å². The number of aromatic nitrogens is 1. The van der Waals surface area contributed by atoms with Gasteiger partial charge in [-0.15, -0.1) is 11.8 Å². The summed E-state index contributed by atoms with van der Waals surface area (Å²) in [6, 6.07) is 14.5. The minimum absolute atomic E-state index is 0.0776. The number of thioether (sulfide) groups is 1. The number of rotatable bonds is 4. The normalized spacial score (nSPS) is 12.5. The molecule has 0 fully saturated rings. The fraction of sp³-hybridized carbons (Fsp3) is 0.118. The molecular formula is C17H15FN2S. The van der Waals surface area contributed by atoms with Crippen LogP contribution in [0.3, 0.4) is 0 Å². The fourth-order valence-electron chi connectivity index (χ4n) is 2.28. The van der Waals surface area contributed by atoms with Gasteiger partial charge in [-0.05, 0) is 41.3 Å². The molecule has 0 aliphatic carbocycles. The Morgan fingerprint density at radius 1 is 1.10 bits per heavy atom. The van der Waals surface area contributed by atoms with Crippen LogP contribution in [0.2, 0.25) is 0 Å². The van der Waals surface area contributed by atoms with E-state index >= 15 is 0 Å². The van der Waals surface area contributed by atoms with Crippen molar-refractivity contribution < 1.29 is 4.39 Å². The van der Waals surface area contributed by atoms with E-state index in [-0.39, 0.29) is 11.9 Å². The van der Waals surface area contributed by atoms with Crippen molar-refractivity contribution in [2.75, 3.05) is 5.75 Å². The predicted octanol–water partition coefficient (Wildman–Crippen LogP) is 4.17. The van der Waals surface area contributed by atoms with Gasteiger partial charge >= 0.3 is 0 Å². The third kappa shape index (κ3) is 3.23. The zero-order valence-electron chi connectivity index (χ0n) is 11.4. The number of halogens is 1. The zero-order chi connectivity index (χ0) is 14.7.